The minimum Gasteiger partial charge on any atom is -0.356 e. The number of carbonyl (C=O) groups excluding carboxylic acids is 1. The van der Waals surface area contributed by atoms with E-state index in [9.17, 15) is 4.79 Å². The zero-order valence-corrected chi connectivity index (χ0v) is 17.9. The van der Waals surface area contributed by atoms with Crippen molar-refractivity contribution in [3.8, 4) is 0 Å². The minimum absolute atomic E-state index is 0. The maximum absolute atomic E-state index is 11.8. The lowest BCUT2D eigenvalue weighted by Gasteiger charge is -2.21. The van der Waals surface area contributed by atoms with Crippen LogP contribution in [0.5, 0.6) is 0 Å². The number of halogens is 2. The number of carbonyl (C=O) groups is 1. The Morgan fingerprint density at radius 2 is 1.79 bits per heavy atom. The van der Waals surface area contributed by atoms with Crippen LogP contribution in [-0.2, 0) is 11.2 Å². The van der Waals surface area contributed by atoms with Crippen molar-refractivity contribution in [3.05, 3.63) is 34.9 Å². The van der Waals surface area contributed by atoms with Gasteiger partial charge in [-0.25, -0.2) is 0 Å². The van der Waals surface area contributed by atoms with E-state index in [0.717, 1.165) is 24.4 Å². The monoisotopic (exact) mass is 466 g/mol. The molecule has 0 aliphatic heterocycles. The topological polar surface area (TPSA) is 65.5 Å². The number of aliphatic imine (C=N–C) groups is 1. The summed E-state index contributed by atoms with van der Waals surface area (Å²) in [6, 6.07) is 7.87. The summed E-state index contributed by atoms with van der Waals surface area (Å²) in [7, 11) is 1.69. The summed E-state index contributed by atoms with van der Waals surface area (Å²) in [6.45, 7) is 6.84. The normalized spacial score (nSPS) is 11.5. The maximum atomic E-state index is 11.8. The van der Waals surface area contributed by atoms with Gasteiger partial charge in [-0.15, -0.1) is 24.0 Å². The lowest BCUT2D eigenvalue weighted by atomic mass is 10.1. The van der Waals surface area contributed by atoms with E-state index in [-0.39, 0.29) is 42.0 Å². The molecule has 1 aromatic carbocycles. The zero-order valence-electron chi connectivity index (χ0n) is 14.8. The van der Waals surface area contributed by atoms with Gasteiger partial charge in [0.1, 0.15) is 0 Å². The number of hydrogen-bond donors (Lipinski definition) is 3. The molecule has 1 rings (SSSR count). The molecule has 3 N–H and O–H groups in total. The van der Waals surface area contributed by atoms with Crippen molar-refractivity contribution in [1.82, 2.24) is 16.0 Å². The van der Waals surface area contributed by atoms with Crippen molar-refractivity contribution in [2.45, 2.75) is 39.2 Å². The Labute approximate surface area is 167 Å². The van der Waals surface area contributed by atoms with Crippen LogP contribution in [0.1, 0.15) is 32.8 Å². The molecule has 0 unspecified atom stereocenters. The highest BCUT2D eigenvalue weighted by molar-refractivity contribution is 14.0. The Balaban J connectivity index is 0.00000529. The van der Waals surface area contributed by atoms with Crippen LogP contribution in [0.2, 0.25) is 5.02 Å². The number of aryl methyl sites for hydroxylation is 1. The highest BCUT2D eigenvalue weighted by Gasteiger charge is 2.13. The molecular weight excluding hydrogens is 439 g/mol. The molecular formula is C17H28ClIN4O. The molecule has 7 heteroatoms. The van der Waals surface area contributed by atoms with Gasteiger partial charge in [0.2, 0.25) is 5.91 Å². The average Bonchev–Trinajstić information content (AvgIpc) is 2.46. The molecule has 24 heavy (non-hydrogen) atoms. The first-order chi connectivity index (χ1) is 10.8. The number of guanidine groups is 1. The second-order valence-corrected chi connectivity index (χ2v) is 6.82. The summed E-state index contributed by atoms with van der Waals surface area (Å²) in [4.78, 5) is 15.9. The number of benzene rings is 1. The van der Waals surface area contributed by atoms with Gasteiger partial charge in [-0.3, -0.25) is 9.79 Å². The highest BCUT2D eigenvalue weighted by atomic mass is 127. The highest BCUT2D eigenvalue weighted by Crippen LogP contribution is 2.10. The Kier molecular flexibility index (Phi) is 11.0. The van der Waals surface area contributed by atoms with Gasteiger partial charge in [0, 0.05) is 24.2 Å². The molecule has 0 radical (unpaired) electrons. The molecule has 1 aromatic rings. The summed E-state index contributed by atoms with van der Waals surface area (Å²) >= 11 is 5.86. The van der Waals surface area contributed by atoms with E-state index in [2.05, 4.69) is 20.9 Å². The van der Waals surface area contributed by atoms with Crippen LogP contribution in [0.15, 0.2) is 29.3 Å². The van der Waals surface area contributed by atoms with Crippen molar-refractivity contribution in [2.24, 2.45) is 4.99 Å². The SMILES string of the molecule is CN=C(NCCCc1ccc(Cl)cc1)NCC(=O)NC(C)(C)C.I. The molecule has 0 aliphatic carbocycles. The molecule has 0 heterocycles. The van der Waals surface area contributed by atoms with Crippen LogP contribution in [-0.4, -0.2) is 37.5 Å². The second kappa shape index (κ2) is 11.5. The van der Waals surface area contributed by atoms with Gasteiger partial charge in [0.05, 0.1) is 6.54 Å². The largest absolute Gasteiger partial charge is 0.356 e. The quantitative estimate of drug-likeness (QED) is 0.261. The molecule has 0 saturated heterocycles. The van der Waals surface area contributed by atoms with Gasteiger partial charge in [-0.2, -0.15) is 0 Å². The lowest BCUT2D eigenvalue weighted by Crippen LogP contribution is -2.48. The predicted molar refractivity (Wildman–Crippen MR) is 112 cm³/mol. The Hall–Kier alpha value is -1.02. The molecule has 1 amide bonds. The van der Waals surface area contributed by atoms with Gasteiger partial charge < -0.3 is 16.0 Å². The Bertz CT molecular complexity index is 526. The number of amides is 1. The van der Waals surface area contributed by atoms with E-state index in [1.54, 1.807) is 7.05 Å². The number of nitrogens with zero attached hydrogens (tertiary/aromatic N) is 1. The predicted octanol–water partition coefficient (Wildman–Crippen LogP) is 2.97. The lowest BCUT2D eigenvalue weighted by molar-refractivity contribution is -0.121. The fraction of sp³-hybridized carbons (Fsp3) is 0.529. The molecule has 0 atom stereocenters. The molecule has 0 spiro atoms. The summed E-state index contributed by atoms with van der Waals surface area (Å²) in [5.41, 5.74) is 1.03. The van der Waals surface area contributed by atoms with Crippen molar-refractivity contribution in [2.75, 3.05) is 20.1 Å². The molecule has 5 nitrogen and oxygen atoms in total. The van der Waals surface area contributed by atoms with Gasteiger partial charge in [0.25, 0.3) is 0 Å². The molecule has 0 aromatic heterocycles. The fourth-order valence-corrected chi connectivity index (χ4v) is 2.12. The van der Waals surface area contributed by atoms with E-state index >= 15 is 0 Å². The second-order valence-electron chi connectivity index (χ2n) is 6.38. The van der Waals surface area contributed by atoms with E-state index in [1.165, 1.54) is 5.56 Å². The molecule has 136 valence electrons. The summed E-state index contributed by atoms with van der Waals surface area (Å²) in [5, 5.41) is 9.86. The van der Waals surface area contributed by atoms with Crippen molar-refractivity contribution in [1.29, 1.82) is 0 Å². The minimum atomic E-state index is -0.228. The number of rotatable bonds is 6. The zero-order chi connectivity index (χ0) is 17.3. The molecule has 0 bridgehead atoms. The van der Waals surface area contributed by atoms with E-state index in [4.69, 9.17) is 11.6 Å². The Morgan fingerprint density at radius 1 is 1.17 bits per heavy atom. The average molecular weight is 467 g/mol. The van der Waals surface area contributed by atoms with Crippen LogP contribution < -0.4 is 16.0 Å². The first-order valence-corrected chi connectivity index (χ1v) is 8.18. The third-order valence-electron chi connectivity index (χ3n) is 3.00. The van der Waals surface area contributed by atoms with Gasteiger partial charge in [-0.1, -0.05) is 23.7 Å². The van der Waals surface area contributed by atoms with Crippen LogP contribution >= 0.6 is 35.6 Å². The van der Waals surface area contributed by atoms with Gasteiger partial charge in [-0.05, 0) is 51.3 Å². The van der Waals surface area contributed by atoms with Crippen LogP contribution in [0, 0.1) is 0 Å². The van der Waals surface area contributed by atoms with E-state index in [0.29, 0.717) is 5.96 Å². The standard InChI is InChI=1S/C17H27ClN4O.HI/c1-17(2,3)22-15(23)12-21-16(19-4)20-11-5-6-13-7-9-14(18)10-8-13;/h7-10H,5-6,11-12H2,1-4H3,(H,22,23)(H2,19,20,21);1H. The van der Waals surface area contributed by atoms with Crippen molar-refractivity contribution >= 4 is 47.4 Å². The summed E-state index contributed by atoms with van der Waals surface area (Å²) in [5.74, 6) is 0.576. The van der Waals surface area contributed by atoms with E-state index in [1.807, 2.05) is 45.0 Å². The van der Waals surface area contributed by atoms with Crippen LogP contribution in [0.3, 0.4) is 0 Å². The fourth-order valence-electron chi connectivity index (χ4n) is 2.00. The van der Waals surface area contributed by atoms with Gasteiger partial charge in [0.15, 0.2) is 5.96 Å². The van der Waals surface area contributed by atoms with Gasteiger partial charge >= 0.3 is 0 Å². The van der Waals surface area contributed by atoms with Crippen molar-refractivity contribution < 1.29 is 4.79 Å². The number of nitrogens with one attached hydrogen (secondary N) is 3. The first kappa shape index (κ1) is 23.0. The Morgan fingerprint density at radius 3 is 2.33 bits per heavy atom. The van der Waals surface area contributed by atoms with Crippen molar-refractivity contribution in [3.63, 3.8) is 0 Å². The third kappa shape index (κ3) is 10.7. The summed E-state index contributed by atoms with van der Waals surface area (Å²) < 4.78 is 0. The smallest absolute Gasteiger partial charge is 0.239 e. The number of hydrogen-bond acceptors (Lipinski definition) is 2. The molecule has 0 aliphatic rings. The molecule has 0 saturated carbocycles. The first-order valence-electron chi connectivity index (χ1n) is 7.80. The third-order valence-corrected chi connectivity index (χ3v) is 3.25. The van der Waals surface area contributed by atoms with Crippen LogP contribution in [0.25, 0.3) is 0 Å². The maximum Gasteiger partial charge on any atom is 0.239 e. The van der Waals surface area contributed by atoms with Crippen LogP contribution in [0.4, 0.5) is 0 Å². The van der Waals surface area contributed by atoms with E-state index < -0.39 is 0 Å². The summed E-state index contributed by atoms with van der Waals surface area (Å²) in [6.07, 6.45) is 1.93. The molecule has 0 fully saturated rings.